The van der Waals surface area contributed by atoms with Crippen LogP contribution in [0.3, 0.4) is 0 Å². The lowest BCUT2D eigenvalue weighted by molar-refractivity contribution is -0.146. The van der Waals surface area contributed by atoms with Crippen molar-refractivity contribution in [2.75, 3.05) is 6.61 Å². The highest BCUT2D eigenvalue weighted by atomic mass is 19.1. The summed E-state index contributed by atoms with van der Waals surface area (Å²) in [6.07, 6.45) is 10.9. The van der Waals surface area contributed by atoms with Gasteiger partial charge in [-0.15, -0.1) is 0 Å². The fourth-order valence-electron chi connectivity index (χ4n) is 4.86. The first-order valence-corrected chi connectivity index (χ1v) is 12.4. The van der Waals surface area contributed by atoms with Crippen molar-refractivity contribution in [2.24, 2.45) is 0 Å². The number of unbranched alkanes of at least 4 members (excludes halogenated alkanes) is 6. The number of carboxylic acids is 1. The van der Waals surface area contributed by atoms with Crippen LogP contribution in [0.4, 0.5) is 8.78 Å². The van der Waals surface area contributed by atoms with E-state index in [0.29, 0.717) is 42.4 Å². The SMILES string of the molecule is CCCCCCCCCOC1CCC(C(=O)O)(c2ccc(-c3ccc(F)cc3)c(F)c2)CC1. The van der Waals surface area contributed by atoms with Gasteiger partial charge < -0.3 is 9.84 Å². The number of aliphatic carboxylic acids is 1. The standard InChI is InChI=1S/C28H36F2O3/c1-2-3-4-5-6-7-8-19-33-24-15-17-28(18-16-24,27(31)32)22-11-14-25(26(30)20-22)21-9-12-23(29)13-10-21/h9-14,20,24H,2-8,15-19H2,1H3,(H,31,32). The van der Waals surface area contributed by atoms with Crippen LogP contribution in [0.2, 0.25) is 0 Å². The maximum atomic E-state index is 14.9. The quantitative estimate of drug-likeness (QED) is 0.332. The summed E-state index contributed by atoms with van der Waals surface area (Å²) in [5, 5.41) is 10.1. The lowest BCUT2D eigenvalue weighted by Gasteiger charge is -2.37. The molecule has 1 aliphatic carbocycles. The topological polar surface area (TPSA) is 46.5 Å². The fourth-order valence-corrected chi connectivity index (χ4v) is 4.86. The molecule has 0 radical (unpaired) electrons. The minimum atomic E-state index is -1.10. The number of carbonyl (C=O) groups is 1. The first kappa shape index (κ1) is 25.4. The van der Waals surface area contributed by atoms with Crippen molar-refractivity contribution in [2.45, 2.75) is 89.1 Å². The normalized spacial score (nSPS) is 20.6. The Labute approximate surface area is 196 Å². The molecular formula is C28H36F2O3. The van der Waals surface area contributed by atoms with Gasteiger partial charge in [-0.25, -0.2) is 8.78 Å². The van der Waals surface area contributed by atoms with Crippen LogP contribution in [0, 0.1) is 11.6 Å². The molecule has 180 valence electrons. The van der Waals surface area contributed by atoms with Gasteiger partial charge in [-0.05, 0) is 61.4 Å². The van der Waals surface area contributed by atoms with E-state index in [-0.39, 0.29) is 11.9 Å². The van der Waals surface area contributed by atoms with E-state index < -0.39 is 17.2 Å². The molecule has 1 fully saturated rings. The van der Waals surface area contributed by atoms with Gasteiger partial charge in [0.1, 0.15) is 11.6 Å². The van der Waals surface area contributed by atoms with Crippen LogP contribution in [-0.4, -0.2) is 23.8 Å². The first-order valence-electron chi connectivity index (χ1n) is 12.4. The third-order valence-corrected chi connectivity index (χ3v) is 6.97. The van der Waals surface area contributed by atoms with Gasteiger partial charge >= 0.3 is 5.97 Å². The summed E-state index contributed by atoms with van der Waals surface area (Å²) in [6, 6.07) is 10.3. The molecule has 3 nitrogen and oxygen atoms in total. The summed E-state index contributed by atoms with van der Waals surface area (Å²) in [6.45, 7) is 2.94. The fraction of sp³-hybridized carbons (Fsp3) is 0.536. The van der Waals surface area contributed by atoms with Crippen LogP contribution < -0.4 is 0 Å². The Bertz CT molecular complexity index is 887. The summed E-state index contributed by atoms with van der Waals surface area (Å²) < 4.78 is 34.1. The largest absolute Gasteiger partial charge is 0.481 e. The minimum Gasteiger partial charge on any atom is -0.481 e. The summed E-state index contributed by atoms with van der Waals surface area (Å²) in [5.41, 5.74) is 0.295. The molecule has 3 rings (SSSR count). The molecule has 5 heteroatoms. The molecule has 0 aliphatic heterocycles. The second kappa shape index (κ2) is 12.3. The Morgan fingerprint density at radius 2 is 1.61 bits per heavy atom. The number of rotatable bonds is 12. The van der Waals surface area contributed by atoms with Crippen molar-refractivity contribution in [1.29, 1.82) is 0 Å². The van der Waals surface area contributed by atoms with Crippen LogP contribution >= 0.6 is 0 Å². The molecule has 2 aromatic carbocycles. The van der Waals surface area contributed by atoms with Gasteiger partial charge in [0.15, 0.2) is 0 Å². The predicted molar refractivity (Wildman–Crippen MR) is 127 cm³/mol. The van der Waals surface area contributed by atoms with Crippen LogP contribution in [-0.2, 0) is 14.9 Å². The highest BCUT2D eigenvalue weighted by Gasteiger charge is 2.44. The van der Waals surface area contributed by atoms with Crippen molar-refractivity contribution in [3.63, 3.8) is 0 Å². The third kappa shape index (κ3) is 6.63. The van der Waals surface area contributed by atoms with Crippen LogP contribution in [0.15, 0.2) is 42.5 Å². The molecule has 0 atom stereocenters. The van der Waals surface area contributed by atoms with Gasteiger partial charge in [-0.2, -0.15) is 0 Å². The van der Waals surface area contributed by atoms with Gasteiger partial charge in [0.05, 0.1) is 11.5 Å². The minimum absolute atomic E-state index is 0.0703. The highest BCUT2D eigenvalue weighted by Crippen LogP contribution is 2.42. The number of benzene rings is 2. The summed E-state index contributed by atoms with van der Waals surface area (Å²) >= 11 is 0. The van der Waals surface area contributed by atoms with E-state index in [0.717, 1.165) is 13.0 Å². The molecule has 0 amide bonds. The molecule has 0 saturated heterocycles. The second-order valence-electron chi connectivity index (χ2n) is 9.28. The van der Waals surface area contributed by atoms with Gasteiger partial charge in [0.25, 0.3) is 0 Å². The lowest BCUT2D eigenvalue weighted by atomic mass is 9.68. The van der Waals surface area contributed by atoms with Crippen molar-refractivity contribution < 1.29 is 23.4 Å². The van der Waals surface area contributed by atoms with Crippen molar-refractivity contribution in [3.8, 4) is 11.1 Å². The molecule has 1 saturated carbocycles. The molecule has 0 spiro atoms. The van der Waals surface area contributed by atoms with Gasteiger partial charge in [0.2, 0.25) is 0 Å². The van der Waals surface area contributed by atoms with E-state index in [1.54, 1.807) is 12.1 Å². The van der Waals surface area contributed by atoms with Crippen LogP contribution in [0.1, 0.15) is 83.1 Å². The highest BCUT2D eigenvalue weighted by molar-refractivity contribution is 5.82. The maximum Gasteiger partial charge on any atom is 0.314 e. The molecule has 0 aromatic heterocycles. The van der Waals surface area contributed by atoms with Crippen molar-refractivity contribution in [3.05, 3.63) is 59.7 Å². The number of halogens is 2. The van der Waals surface area contributed by atoms with Gasteiger partial charge in [0, 0.05) is 12.2 Å². The van der Waals surface area contributed by atoms with Crippen LogP contribution in [0.5, 0.6) is 0 Å². The monoisotopic (exact) mass is 458 g/mol. The van der Waals surface area contributed by atoms with E-state index in [4.69, 9.17) is 4.74 Å². The zero-order valence-corrected chi connectivity index (χ0v) is 19.6. The average Bonchev–Trinajstić information content (AvgIpc) is 2.82. The van der Waals surface area contributed by atoms with E-state index >= 15 is 0 Å². The van der Waals surface area contributed by atoms with Crippen molar-refractivity contribution >= 4 is 5.97 Å². The Kier molecular flexibility index (Phi) is 9.42. The van der Waals surface area contributed by atoms with Crippen LogP contribution in [0.25, 0.3) is 11.1 Å². The summed E-state index contributed by atoms with van der Waals surface area (Å²) in [4.78, 5) is 12.3. The zero-order valence-electron chi connectivity index (χ0n) is 19.6. The maximum absolute atomic E-state index is 14.9. The molecule has 1 aliphatic rings. The van der Waals surface area contributed by atoms with E-state index in [1.165, 1.54) is 68.9 Å². The molecule has 0 unspecified atom stereocenters. The number of hydrogen-bond donors (Lipinski definition) is 1. The van der Waals surface area contributed by atoms with E-state index in [9.17, 15) is 18.7 Å². The summed E-state index contributed by atoms with van der Waals surface area (Å²) in [5.74, 6) is -1.79. The summed E-state index contributed by atoms with van der Waals surface area (Å²) in [7, 11) is 0. The number of ether oxygens (including phenoxy) is 1. The van der Waals surface area contributed by atoms with E-state index in [1.807, 2.05) is 0 Å². The smallest absolute Gasteiger partial charge is 0.314 e. The molecule has 0 bridgehead atoms. The number of hydrogen-bond acceptors (Lipinski definition) is 2. The predicted octanol–water partition coefficient (Wildman–Crippen LogP) is 7.66. The molecule has 2 aromatic rings. The number of carboxylic acid groups (broad SMARTS) is 1. The lowest BCUT2D eigenvalue weighted by Crippen LogP contribution is -2.41. The molecular weight excluding hydrogens is 422 g/mol. The third-order valence-electron chi connectivity index (χ3n) is 6.97. The average molecular weight is 459 g/mol. The zero-order chi connectivity index (χ0) is 23.7. The Balaban J connectivity index is 1.56. The molecule has 33 heavy (non-hydrogen) atoms. The van der Waals surface area contributed by atoms with Gasteiger partial charge in [-0.1, -0.05) is 69.7 Å². The van der Waals surface area contributed by atoms with Gasteiger partial charge in [-0.3, -0.25) is 4.79 Å². The molecule has 0 heterocycles. The van der Waals surface area contributed by atoms with Crippen molar-refractivity contribution in [1.82, 2.24) is 0 Å². The van der Waals surface area contributed by atoms with E-state index in [2.05, 4.69) is 6.92 Å². The Hall–Kier alpha value is -2.27. The Morgan fingerprint density at radius 1 is 0.970 bits per heavy atom. The second-order valence-corrected chi connectivity index (χ2v) is 9.28. The Morgan fingerprint density at radius 3 is 2.21 bits per heavy atom. The molecule has 1 N–H and O–H groups in total. The first-order chi connectivity index (χ1) is 16.0.